The Bertz CT molecular complexity index is 2100. The lowest BCUT2D eigenvalue weighted by Gasteiger charge is -2.24. The van der Waals surface area contributed by atoms with Crippen LogP contribution < -0.4 is 24.4 Å². The molecule has 47 heavy (non-hydrogen) atoms. The second-order valence-electron chi connectivity index (χ2n) is 10.4. The molecule has 3 heterocycles. The lowest BCUT2D eigenvalue weighted by atomic mass is 9.96. The Hall–Kier alpha value is -4.80. The minimum absolute atomic E-state index is 0.165. The Morgan fingerprint density at radius 3 is 2.53 bits per heavy atom. The van der Waals surface area contributed by atoms with Crippen LogP contribution in [0.5, 0.6) is 11.5 Å². The summed E-state index contributed by atoms with van der Waals surface area (Å²) in [5, 5.41) is 9.85. The largest absolute Gasteiger partial charge is 0.497 e. The number of allylic oxidation sites excluding steroid dienone is 1. The highest BCUT2D eigenvalue weighted by Crippen LogP contribution is 2.34. The average Bonchev–Trinajstić information content (AvgIpc) is 3.36. The molecule has 2 aromatic heterocycles. The van der Waals surface area contributed by atoms with Gasteiger partial charge in [-0.3, -0.25) is 9.36 Å². The van der Waals surface area contributed by atoms with Crippen molar-refractivity contribution >= 4 is 35.1 Å². The van der Waals surface area contributed by atoms with Gasteiger partial charge in [-0.1, -0.05) is 29.5 Å². The van der Waals surface area contributed by atoms with Gasteiger partial charge in [-0.05, 0) is 73.9 Å². The number of aryl methyl sites for hydroxylation is 1. The van der Waals surface area contributed by atoms with Gasteiger partial charge in [0, 0.05) is 11.3 Å². The van der Waals surface area contributed by atoms with E-state index < -0.39 is 24.1 Å². The van der Waals surface area contributed by atoms with E-state index in [1.54, 1.807) is 70.4 Å². The Kier molecular flexibility index (Phi) is 10.2. The molecule has 0 bridgehead atoms. The highest BCUT2D eigenvalue weighted by molar-refractivity contribution is 7.98. The van der Waals surface area contributed by atoms with Crippen LogP contribution in [0.3, 0.4) is 0 Å². The average molecular weight is 677 g/mol. The number of carbonyl (C=O) groups is 1. The van der Waals surface area contributed by atoms with Gasteiger partial charge in [-0.25, -0.2) is 23.6 Å². The number of benzene rings is 2. The third-order valence-corrected chi connectivity index (χ3v) is 9.46. The van der Waals surface area contributed by atoms with E-state index in [-0.39, 0.29) is 34.1 Å². The van der Waals surface area contributed by atoms with Crippen LogP contribution in [0, 0.1) is 18.3 Å². The molecule has 5 rings (SSSR count). The van der Waals surface area contributed by atoms with E-state index in [0.29, 0.717) is 48.8 Å². The monoisotopic (exact) mass is 676 g/mol. The summed E-state index contributed by atoms with van der Waals surface area (Å²) < 4.78 is 45.0. The first-order valence-electron chi connectivity index (χ1n) is 14.4. The maximum absolute atomic E-state index is 14.0. The third-order valence-electron chi connectivity index (χ3n) is 7.45. The van der Waals surface area contributed by atoms with Crippen molar-refractivity contribution in [3.63, 3.8) is 0 Å². The number of thioether (sulfide) groups is 1. The van der Waals surface area contributed by atoms with E-state index in [1.807, 2.05) is 6.07 Å². The molecular weight excluding hydrogens is 647 g/mol. The lowest BCUT2D eigenvalue weighted by Crippen LogP contribution is -2.39. The summed E-state index contributed by atoms with van der Waals surface area (Å²) in [5.41, 5.74) is 2.74. The zero-order valence-corrected chi connectivity index (χ0v) is 27.8. The number of alkyl halides is 2. The molecular formula is C34H30F2N4O5S2. The first-order chi connectivity index (χ1) is 22.6. The smallest absolute Gasteiger partial charge is 0.338 e. The van der Waals surface area contributed by atoms with Crippen molar-refractivity contribution in [2.75, 3.05) is 20.8 Å². The molecule has 2 aromatic carbocycles. The number of carbonyl (C=O) groups excluding carboxylic acids is 1. The zero-order chi connectivity index (χ0) is 33.8. The van der Waals surface area contributed by atoms with Crippen LogP contribution in [-0.2, 0) is 15.3 Å². The van der Waals surface area contributed by atoms with Gasteiger partial charge in [-0.15, -0.1) is 11.8 Å². The van der Waals surface area contributed by atoms with Crippen LogP contribution in [0.25, 0.3) is 6.08 Å². The first kappa shape index (κ1) is 33.6. The molecule has 13 heteroatoms. The molecule has 0 saturated heterocycles. The van der Waals surface area contributed by atoms with Gasteiger partial charge in [0.1, 0.15) is 28.3 Å². The van der Waals surface area contributed by atoms with E-state index in [0.717, 1.165) is 11.8 Å². The Labute approximate surface area is 277 Å². The quantitative estimate of drug-likeness (QED) is 0.157. The van der Waals surface area contributed by atoms with Crippen LogP contribution in [0.1, 0.15) is 59.8 Å². The Morgan fingerprint density at radius 1 is 1.15 bits per heavy atom. The predicted molar refractivity (Wildman–Crippen MR) is 175 cm³/mol. The molecule has 4 aromatic rings. The number of esters is 1. The fraction of sp³-hybridized carbons (Fsp3) is 0.265. The number of aromatic nitrogens is 2. The van der Waals surface area contributed by atoms with Gasteiger partial charge in [0.15, 0.2) is 4.80 Å². The molecule has 1 aliphatic rings. The van der Waals surface area contributed by atoms with E-state index in [4.69, 9.17) is 14.2 Å². The van der Waals surface area contributed by atoms with Crippen LogP contribution in [0.15, 0.2) is 74.6 Å². The van der Waals surface area contributed by atoms with Gasteiger partial charge in [-0.2, -0.15) is 5.26 Å². The van der Waals surface area contributed by atoms with E-state index in [1.165, 1.54) is 29.1 Å². The molecule has 9 nitrogen and oxygen atoms in total. The molecule has 0 amide bonds. The molecule has 0 spiro atoms. The summed E-state index contributed by atoms with van der Waals surface area (Å²) in [7, 11) is 3.08. The fourth-order valence-electron chi connectivity index (χ4n) is 5.21. The van der Waals surface area contributed by atoms with E-state index >= 15 is 0 Å². The molecule has 0 aliphatic carbocycles. The number of nitriles is 1. The van der Waals surface area contributed by atoms with Crippen molar-refractivity contribution in [2.45, 2.75) is 44.0 Å². The predicted octanol–water partition coefficient (Wildman–Crippen LogP) is 5.62. The van der Waals surface area contributed by atoms with Crippen molar-refractivity contribution in [1.82, 2.24) is 9.55 Å². The molecule has 242 valence electrons. The molecule has 0 saturated carbocycles. The van der Waals surface area contributed by atoms with Gasteiger partial charge in [0.2, 0.25) is 0 Å². The van der Waals surface area contributed by atoms with Crippen molar-refractivity contribution in [2.24, 2.45) is 4.99 Å². The number of hydrogen-bond donors (Lipinski definition) is 0. The first-order valence-corrected chi connectivity index (χ1v) is 16.2. The van der Waals surface area contributed by atoms with Crippen LogP contribution in [-0.4, -0.2) is 36.3 Å². The van der Waals surface area contributed by atoms with E-state index in [9.17, 15) is 23.6 Å². The molecule has 0 radical (unpaired) electrons. The molecule has 1 atom stereocenters. The summed E-state index contributed by atoms with van der Waals surface area (Å²) in [6.45, 7) is 5.20. The highest BCUT2D eigenvalue weighted by atomic mass is 32.2. The number of halogens is 2. The van der Waals surface area contributed by atoms with Crippen molar-refractivity contribution < 1.29 is 27.8 Å². The number of pyridine rings is 1. The molecule has 1 unspecified atom stereocenters. The second-order valence-corrected chi connectivity index (χ2v) is 12.4. The van der Waals surface area contributed by atoms with Crippen LogP contribution in [0.2, 0.25) is 0 Å². The molecule has 0 fully saturated rings. The van der Waals surface area contributed by atoms with E-state index in [2.05, 4.69) is 16.0 Å². The molecule has 1 aliphatic heterocycles. The summed E-state index contributed by atoms with van der Waals surface area (Å²) >= 11 is 2.34. The minimum atomic E-state index is -2.77. The fourth-order valence-corrected chi connectivity index (χ4v) is 7.30. The maximum Gasteiger partial charge on any atom is 0.338 e. The SMILES string of the molecule is CCOC(=O)C1=C(C)N=c2sc(=Cc3ccc(OC)c(CSc4nc(C(F)F)cc(C)c4C#N)c3)c(=O)n2C1c1ccc(OC)cc1. The number of thiazole rings is 1. The second kappa shape index (κ2) is 14.3. The summed E-state index contributed by atoms with van der Waals surface area (Å²) in [6, 6.07) is 15.0. The zero-order valence-electron chi connectivity index (χ0n) is 26.2. The van der Waals surface area contributed by atoms with Crippen molar-refractivity contribution in [3.8, 4) is 17.6 Å². The standard InChI is InChI=1S/C34H30F2N4O5S2/c1-6-45-33(42)28-19(3)38-34-40(29(28)21-8-10-23(43-4)11-9-21)32(41)27(47-34)15-20-7-12-26(44-5)22(14-20)17-46-31-24(16-37)18(2)13-25(39-31)30(35)36/h7-15,29-30H,6,17H2,1-5H3. The van der Waals surface area contributed by atoms with Crippen LogP contribution in [0.4, 0.5) is 8.78 Å². The number of methoxy groups -OCH3 is 2. The minimum Gasteiger partial charge on any atom is -0.497 e. The topological polar surface area (TPSA) is 116 Å². The summed E-state index contributed by atoms with van der Waals surface area (Å²) in [6.07, 6.45) is -1.04. The number of ether oxygens (including phenoxy) is 3. The summed E-state index contributed by atoms with van der Waals surface area (Å²) in [5.74, 6) is 0.888. The number of fused-ring (bicyclic) bond motifs is 1. The lowest BCUT2D eigenvalue weighted by molar-refractivity contribution is -0.139. The molecule has 0 N–H and O–H groups in total. The maximum atomic E-state index is 14.0. The van der Waals surface area contributed by atoms with Gasteiger partial charge in [0.25, 0.3) is 12.0 Å². The Balaban J connectivity index is 1.56. The van der Waals surface area contributed by atoms with Crippen LogP contribution >= 0.6 is 23.1 Å². The van der Waals surface area contributed by atoms with Gasteiger partial charge >= 0.3 is 5.97 Å². The number of rotatable bonds is 10. The summed E-state index contributed by atoms with van der Waals surface area (Å²) in [4.78, 5) is 36.3. The van der Waals surface area contributed by atoms with Gasteiger partial charge < -0.3 is 14.2 Å². The number of nitrogens with zero attached hydrogens (tertiary/aromatic N) is 4. The van der Waals surface area contributed by atoms with Gasteiger partial charge in [0.05, 0.1) is 48.2 Å². The normalized spacial score (nSPS) is 14.4. The van der Waals surface area contributed by atoms with Crippen molar-refractivity contribution in [1.29, 1.82) is 5.26 Å². The third kappa shape index (κ3) is 6.84. The highest BCUT2D eigenvalue weighted by Gasteiger charge is 2.33. The Morgan fingerprint density at radius 2 is 1.89 bits per heavy atom. The number of hydrogen-bond acceptors (Lipinski definition) is 10. The van der Waals surface area contributed by atoms with Crippen molar-refractivity contribution in [3.05, 3.63) is 113 Å².